The lowest BCUT2D eigenvalue weighted by molar-refractivity contribution is -0.140. The Morgan fingerprint density at radius 2 is 1.78 bits per heavy atom. The summed E-state index contributed by atoms with van der Waals surface area (Å²) in [6, 6.07) is 0. The molecule has 0 aliphatic heterocycles. The van der Waals surface area contributed by atoms with E-state index >= 15 is 0 Å². The van der Waals surface area contributed by atoms with Crippen LogP contribution in [0.4, 0.5) is 0 Å². The van der Waals surface area contributed by atoms with Gasteiger partial charge < -0.3 is 15.7 Å². The Balaban J connectivity index is 2.35. The third-order valence-corrected chi connectivity index (χ3v) is 3.40. The second kappa shape index (κ2) is 5.37. The van der Waals surface area contributed by atoms with Crippen LogP contribution in [-0.2, 0) is 14.4 Å². The highest BCUT2D eigenvalue weighted by atomic mass is 16.4. The van der Waals surface area contributed by atoms with E-state index in [1.165, 1.54) is 0 Å². The number of nitrogens with one attached hydrogen (secondary N) is 2. The number of hydrogen-bond acceptors (Lipinski definition) is 3. The van der Waals surface area contributed by atoms with Crippen molar-refractivity contribution >= 4 is 17.8 Å². The Morgan fingerprint density at radius 3 is 2.22 bits per heavy atom. The van der Waals surface area contributed by atoms with Gasteiger partial charge in [0.1, 0.15) is 0 Å². The summed E-state index contributed by atoms with van der Waals surface area (Å²) >= 11 is 0. The monoisotopic (exact) mass is 256 g/mol. The predicted molar refractivity (Wildman–Crippen MR) is 64.7 cm³/mol. The van der Waals surface area contributed by atoms with Gasteiger partial charge in [-0.05, 0) is 12.3 Å². The van der Waals surface area contributed by atoms with Crippen molar-refractivity contribution in [3.8, 4) is 0 Å². The summed E-state index contributed by atoms with van der Waals surface area (Å²) in [6.07, 6.45) is 0.213. The molecule has 3 N–H and O–H groups in total. The molecule has 1 aliphatic carbocycles. The van der Waals surface area contributed by atoms with Crippen molar-refractivity contribution in [2.45, 2.75) is 27.2 Å². The first-order chi connectivity index (χ1) is 8.32. The first-order valence-electron chi connectivity index (χ1n) is 6.09. The predicted octanol–water partition coefficient (Wildman–Crippen LogP) is -0.0144. The molecule has 0 aromatic heterocycles. The molecule has 1 aliphatic rings. The maximum atomic E-state index is 11.8. The van der Waals surface area contributed by atoms with Crippen molar-refractivity contribution in [1.82, 2.24) is 10.6 Å². The number of rotatable bonds is 6. The van der Waals surface area contributed by atoms with E-state index in [0.29, 0.717) is 6.54 Å². The molecule has 0 aromatic carbocycles. The lowest BCUT2D eigenvalue weighted by Gasteiger charge is -2.06. The Morgan fingerprint density at radius 1 is 1.17 bits per heavy atom. The van der Waals surface area contributed by atoms with Crippen molar-refractivity contribution in [2.24, 2.45) is 17.3 Å². The molecule has 0 unspecified atom stereocenters. The van der Waals surface area contributed by atoms with E-state index in [9.17, 15) is 14.4 Å². The largest absolute Gasteiger partial charge is 0.481 e. The van der Waals surface area contributed by atoms with Crippen molar-refractivity contribution in [2.75, 3.05) is 13.1 Å². The smallest absolute Gasteiger partial charge is 0.307 e. The van der Waals surface area contributed by atoms with Crippen LogP contribution in [0.15, 0.2) is 0 Å². The topological polar surface area (TPSA) is 95.5 Å². The lowest BCUT2D eigenvalue weighted by Crippen LogP contribution is -2.32. The molecular weight excluding hydrogens is 236 g/mol. The summed E-state index contributed by atoms with van der Waals surface area (Å²) in [7, 11) is 0. The van der Waals surface area contributed by atoms with Crippen molar-refractivity contribution in [3.05, 3.63) is 0 Å². The molecule has 0 aromatic rings. The Hall–Kier alpha value is -1.59. The first kappa shape index (κ1) is 14.5. The molecule has 0 bridgehead atoms. The van der Waals surface area contributed by atoms with Crippen LogP contribution in [0.1, 0.15) is 27.2 Å². The van der Waals surface area contributed by atoms with Gasteiger partial charge in [-0.1, -0.05) is 13.8 Å². The fraction of sp³-hybridized carbons (Fsp3) is 0.750. The zero-order chi connectivity index (χ0) is 13.9. The van der Waals surface area contributed by atoms with Gasteiger partial charge in [0.05, 0.1) is 11.8 Å². The van der Waals surface area contributed by atoms with Crippen LogP contribution in [0.25, 0.3) is 0 Å². The van der Waals surface area contributed by atoms with Crippen LogP contribution in [0.3, 0.4) is 0 Å². The number of carbonyl (C=O) groups excluding carboxylic acids is 2. The van der Waals surface area contributed by atoms with Crippen LogP contribution in [0.2, 0.25) is 0 Å². The SMILES string of the molecule is CCNC(=O)CCNC(=O)[C@H]1[C@@H](C(=O)O)C1(C)C. The minimum atomic E-state index is -0.941. The zero-order valence-corrected chi connectivity index (χ0v) is 10.9. The quantitative estimate of drug-likeness (QED) is 0.622. The number of carbonyl (C=O) groups is 3. The van der Waals surface area contributed by atoms with E-state index in [2.05, 4.69) is 10.6 Å². The lowest BCUT2D eigenvalue weighted by atomic mass is 10.1. The maximum absolute atomic E-state index is 11.8. The first-order valence-corrected chi connectivity index (χ1v) is 6.09. The van der Waals surface area contributed by atoms with Gasteiger partial charge in [0.15, 0.2) is 0 Å². The van der Waals surface area contributed by atoms with E-state index in [-0.39, 0.29) is 24.8 Å². The van der Waals surface area contributed by atoms with E-state index in [1.807, 2.05) is 6.92 Å². The van der Waals surface area contributed by atoms with Gasteiger partial charge in [-0.3, -0.25) is 14.4 Å². The highest BCUT2D eigenvalue weighted by molar-refractivity contribution is 5.91. The third kappa shape index (κ3) is 3.00. The average molecular weight is 256 g/mol. The highest BCUT2D eigenvalue weighted by Gasteiger charge is 2.65. The van der Waals surface area contributed by atoms with Gasteiger partial charge in [0.2, 0.25) is 11.8 Å². The standard InChI is InChI=1S/C12H20N2O4/c1-4-13-7(15)5-6-14-10(16)8-9(11(17)18)12(8,2)3/h8-9H,4-6H2,1-3H3,(H,13,15)(H,14,16)(H,17,18)/t8-,9+/m1/s1. The number of aliphatic carboxylic acids is 1. The Bertz CT molecular complexity index is 365. The van der Waals surface area contributed by atoms with Crippen molar-refractivity contribution in [3.63, 3.8) is 0 Å². The van der Waals surface area contributed by atoms with E-state index < -0.39 is 23.2 Å². The molecule has 2 atom stereocenters. The molecular formula is C12H20N2O4. The van der Waals surface area contributed by atoms with Gasteiger partial charge in [-0.2, -0.15) is 0 Å². The number of hydrogen-bond donors (Lipinski definition) is 3. The molecule has 1 saturated carbocycles. The van der Waals surface area contributed by atoms with Gasteiger partial charge in [-0.15, -0.1) is 0 Å². The van der Waals surface area contributed by atoms with E-state index in [0.717, 1.165) is 0 Å². The fourth-order valence-electron chi connectivity index (χ4n) is 2.28. The summed E-state index contributed by atoms with van der Waals surface area (Å²) in [5, 5.41) is 14.2. The second-order valence-electron chi connectivity index (χ2n) is 5.11. The van der Waals surface area contributed by atoms with Gasteiger partial charge in [0.25, 0.3) is 0 Å². The maximum Gasteiger partial charge on any atom is 0.307 e. The van der Waals surface area contributed by atoms with E-state index in [4.69, 9.17) is 5.11 Å². The molecule has 6 nitrogen and oxygen atoms in total. The van der Waals surface area contributed by atoms with Crippen LogP contribution < -0.4 is 10.6 Å². The highest BCUT2D eigenvalue weighted by Crippen LogP contribution is 2.58. The van der Waals surface area contributed by atoms with Crippen LogP contribution in [-0.4, -0.2) is 36.0 Å². The normalized spacial score (nSPS) is 24.2. The van der Waals surface area contributed by atoms with Gasteiger partial charge >= 0.3 is 5.97 Å². The minimum Gasteiger partial charge on any atom is -0.481 e. The molecule has 1 fully saturated rings. The van der Waals surface area contributed by atoms with Crippen molar-refractivity contribution < 1.29 is 19.5 Å². The summed E-state index contributed by atoms with van der Waals surface area (Å²) < 4.78 is 0. The molecule has 102 valence electrons. The second-order valence-corrected chi connectivity index (χ2v) is 5.11. The minimum absolute atomic E-state index is 0.123. The van der Waals surface area contributed by atoms with Crippen molar-refractivity contribution in [1.29, 1.82) is 0 Å². The third-order valence-electron chi connectivity index (χ3n) is 3.40. The number of amides is 2. The Labute approximate surface area is 106 Å². The molecule has 0 radical (unpaired) electrons. The summed E-state index contributed by atoms with van der Waals surface area (Å²) in [5.74, 6) is -2.46. The zero-order valence-electron chi connectivity index (χ0n) is 10.9. The summed E-state index contributed by atoms with van der Waals surface area (Å²) in [4.78, 5) is 33.8. The van der Waals surface area contributed by atoms with Crippen LogP contribution in [0, 0.1) is 17.3 Å². The Kier molecular flexibility index (Phi) is 4.32. The molecule has 0 saturated heterocycles. The van der Waals surface area contributed by atoms with Gasteiger partial charge in [0, 0.05) is 19.5 Å². The van der Waals surface area contributed by atoms with Crippen LogP contribution in [0.5, 0.6) is 0 Å². The number of carboxylic acid groups (broad SMARTS) is 1. The molecule has 6 heteroatoms. The fourth-order valence-corrected chi connectivity index (χ4v) is 2.28. The van der Waals surface area contributed by atoms with Gasteiger partial charge in [-0.25, -0.2) is 0 Å². The van der Waals surface area contributed by atoms with Crippen LogP contribution >= 0.6 is 0 Å². The van der Waals surface area contributed by atoms with E-state index in [1.54, 1.807) is 13.8 Å². The summed E-state index contributed by atoms with van der Waals surface area (Å²) in [5.41, 5.74) is -0.498. The molecule has 0 spiro atoms. The average Bonchev–Trinajstić information content (AvgIpc) is 2.82. The summed E-state index contributed by atoms with van der Waals surface area (Å²) in [6.45, 7) is 6.15. The molecule has 18 heavy (non-hydrogen) atoms. The number of carboxylic acids is 1. The molecule has 1 rings (SSSR count). The molecule has 0 heterocycles. The molecule has 2 amide bonds.